The lowest BCUT2D eigenvalue weighted by Crippen LogP contribution is -2.28. The van der Waals surface area contributed by atoms with Crippen LogP contribution in [0.1, 0.15) is 463 Å². The van der Waals surface area contributed by atoms with Gasteiger partial charge in [0.1, 0.15) is 6.61 Å². The number of carbonyl (C=O) groups is 2. The number of hydrogen-bond donors (Lipinski definition) is 1. The highest BCUT2D eigenvalue weighted by Gasteiger charge is 2.16. The van der Waals surface area contributed by atoms with Crippen LogP contribution in [0, 0.1) is 0 Å². The van der Waals surface area contributed by atoms with Gasteiger partial charge in [0.15, 0.2) is 6.10 Å². The highest BCUT2D eigenvalue weighted by atomic mass is 16.6. The van der Waals surface area contributed by atoms with Crippen molar-refractivity contribution in [1.82, 2.24) is 0 Å². The van der Waals surface area contributed by atoms with Gasteiger partial charge in [-0.25, -0.2) is 0 Å². The van der Waals surface area contributed by atoms with Gasteiger partial charge in [-0.05, 0) is 12.8 Å². The summed E-state index contributed by atoms with van der Waals surface area (Å²) < 4.78 is 10.8. The molecule has 0 saturated carbocycles. The Morgan fingerprint density at radius 2 is 0.378 bits per heavy atom. The number of aliphatic hydroxyl groups excluding tert-OH is 1. The first-order valence-corrected chi connectivity index (χ1v) is 38.6. The Bertz CT molecular complexity index is 1170. The molecule has 0 fully saturated rings. The third kappa shape index (κ3) is 71.4. The van der Waals surface area contributed by atoms with Crippen molar-refractivity contribution in [3.63, 3.8) is 0 Å². The van der Waals surface area contributed by atoms with E-state index in [1.165, 1.54) is 405 Å². The molecule has 0 amide bonds. The quantitative estimate of drug-likeness (QED) is 0.0485. The van der Waals surface area contributed by atoms with Crippen molar-refractivity contribution in [1.29, 1.82) is 0 Å². The lowest BCUT2D eigenvalue weighted by Gasteiger charge is -2.15. The fraction of sp³-hybridized carbons (Fsp3) is 0.974. The molecule has 1 N–H and O–H groups in total. The van der Waals surface area contributed by atoms with Crippen LogP contribution in [-0.4, -0.2) is 36.4 Å². The Balaban J connectivity index is 3.33. The molecule has 0 heterocycles. The van der Waals surface area contributed by atoms with E-state index in [-0.39, 0.29) is 25.2 Å². The van der Waals surface area contributed by atoms with Gasteiger partial charge in [-0.1, -0.05) is 438 Å². The maximum atomic E-state index is 12.4. The van der Waals surface area contributed by atoms with Crippen molar-refractivity contribution in [2.75, 3.05) is 13.2 Å². The number of aliphatic hydroxyl groups is 1. The largest absolute Gasteiger partial charge is 0.462 e. The second-order valence-corrected chi connectivity index (χ2v) is 26.8. The molecule has 0 bridgehead atoms. The lowest BCUT2D eigenvalue weighted by molar-refractivity contribution is -0.161. The molecule has 0 aromatic heterocycles. The van der Waals surface area contributed by atoms with Crippen LogP contribution in [0.4, 0.5) is 0 Å². The molecule has 0 rings (SSSR count). The van der Waals surface area contributed by atoms with Gasteiger partial charge in [-0.3, -0.25) is 9.59 Å². The van der Waals surface area contributed by atoms with Crippen molar-refractivity contribution in [2.45, 2.75) is 469 Å². The van der Waals surface area contributed by atoms with Gasteiger partial charge in [-0.15, -0.1) is 0 Å². The third-order valence-corrected chi connectivity index (χ3v) is 18.4. The number of hydrogen-bond acceptors (Lipinski definition) is 5. The average molecular weight is 1160 g/mol. The minimum absolute atomic E-state index is 0.0551. The van der Waals surface area contributed by atoms with Crippen LogP contribution in [0.5, 0.6) is 0 Å². The van der Waals surface area contributed by atoms with Crippen LogP contribution in [-0.2, 0) is 19.1 Å². The molecule has 1 atom stereocenters. The van der Waals surface area contributed by atoms with E-state index in [0.717, 1.165) is 32.1 Å². The monoisotopic (exact) mass is 1160 g/mol. The zero-order chi connectivity index (χ0) is 59.1. The van der Waals surface area contributed by atoms with E-state index in [1.807, 2.05) is 0 Å². The summed E-state index contributed by atoms with van der Waals surface area (Å²) in [5.74, 6) is -0.556. The molecule has 0 aromatic carbocycles. The SMILES string of the molecule is CCCCCCCCCCCCCCCCCCCCCCCCCCCCCCCCCCCCCC(=O)OC(CO)COC(=O)CCCCCCCCCCCCCCCCCCCCCCCCCCCCCCCCCCC. The number of carbonyl (C=O) groups excluding carboxylic acids is 2. The Morgan fingerprint density at radius 3 is 0.537 bits per heavy atom. The molecule has 0 aliphatic rings. The molecule has 0 aliphatic carbocycles. The minimum Gasteiger partial charge on any atom is -0.462 e. The number of rotatable bonds is 74. The van der Waals surface area contributed by atoms with Crippen LogP contribution in [0.2, 0.25) is 0 Å². The summed E-state index contributed by atoms with van der Waals surface area (Å²) in [6.07, 6.45) is 94.8. The van der Waals surface area contributed by atoms with E-state index in [1.54, 1.807) is 0 Å². The standard InChI is InChI=1S/C77H152O5/c1-3-5-7-9-11-13-15-17-19-21-23-25-27-29-31-33-35-37-38-40-42-44-46-48-50-52-54-56-58-60-62-64-66-68-70-72-77(80)82-75(73-78)74-81-76(79)71-69-67-65-63-61-59-57-55-53-51-49-47-45-43-41-39-36-34-32-30-28-26-24-22-20-18-16-14-12-10-8-6-4-2/h75,78H,3-74H2,1-2H3. The fourth-order valence-corrected chi connectivity index (χ4v) is 12.6. The van der Waals surface area contributed by atoms with Gasteiger partial charge >= 0.3 is 11.9 Å². The van der Waals surface area contributed by atoms with Gasteiger partial charge in [0, 0.05) is 12.8 Å². The summed E-state index contributed by atoms with van der Waals surface area (Å²) >= 11 is 0. The molecule has 1 unspecified atom stereocenters. The van der Waals surface area contributed by atoms with E-state index < -0.39 is 6.10 Å². The Morgan fingerprint density at radius 1 is 0.232 bits per heavy atom. The molecule has 82 heavy (non-hydrogen) atoms. The van der Waals surface area contributed by atoms with Gasteiger partial charge < -0.3 is 14.6 Å². The van der Waals surface area contributed by atoms with Gasteiger partial charge in [0.25, 0.3) is 0 Å². The first kappa shape index (κ1) is 80.9. The minimum atomic E-state index is -0.766. The molecule has 5 nitrogen and oxygen atoms in total. The number of ether oxygens (including phenoxy) is 2. The first-order chi connectivity index (χ1) is 40.6. The molecular formula is C77H152O5. The van der Waals surface area contributed by atoms with Crippen molar-refractivity contribution >= 4 is 11.9 Å². The summed E-state index contributed by atoms with van der Waals surface area (Å²) in [5, 5.41) is 9.72. The molecule has 0 saturated heterocycles. The summed E-state index contributed by atoms with van der Waals surface area (Å²) in [5.41, 5.74) is 0. The van der Waals surface area contributed by atoms with Crippen molar-refractivity contribution in [2.24, 2.45) is 0 Å². The molecule has 0 aromatic rings. The topological polar surface area (TPSA) is 72.8 Å². The second-order valence-electron chi connectivity index (χ2n) is 26.8. The van der Waals surface area contributed by atoms with E-state index in [9.17, 15) is 14.7 Å². The third-order valence-electron chi connectivity index (χ3n) is 18.4. The predicted molar refractivity (Wildman–Crippen MR) is 362 cm³/mol. The van der Waals surface area contributed by atoms with Gasteiger partial charge in [-0.2, -0.15) is 0 Å². The van der Waals surface area contributed by atoms with Crippen molar-refractivity contribution in [3.8, 4) is 0 Å². The maximum Gasteiger partial charge on any atom is 0.306 e. The zero-order valence-corrected chi connectivity index (χ0v) is 56.6. The Labute approximate surface area is 516 Å². The molecule has 0 spiro atoms. The highest BCUT2D eigenvalue weighted by Crippen LogP contribution is 2.21. The number of esters is 2. The first-order valence-electron chi connectivity index (χ1n) is 38.6. The van der Waals surface area contributed by atoms with Crippen LogP contribution in [0.25, 0.3) is 0 Å². The van der Waals surface area contributed by atoms with Gasteiger partial charge in [0.2, 0.25) is 0 Å². The zero-order valence-electron chi connectivity index (χ0n) is 56.6. The molecule has 0 aliphatic heterocycles. The van der Waals surface area contributed by atoms with Crippen LogP contribution in [0.15, 0.2) is 0 Å². The van der Waals surface area contributed by atoms with Crippen LogP contribution < -0.4 is 0 Å². The van der Waals surface area contributed by atoms with E-state index in [4.69, 9.17) is 9.47 Å². The van der Waals surface area contributed by atoms with E-state index in [0.29, 0.717) is 12.8 Å². The second kappa shape index (κ2) is 74.2. The maximum absolute atomic E-state index is 12.4. The fourth-order valence-electron chi connectivity index (χ4n) is 12.6. The summed E-state index contributed by atoms with van der Waals surface area (Å²) in [6.45, 7) is 4.23. The van der Waals surface area contributed by atoms with Crippen molar-refractivity contribution in [3.05, 3.63) is 0 Å². The molecule has 5 heteroatoms. The Kier molecular flexibility index (Phi) is 73.2. The molecular weight excluding hydrogens is 1000 g/mol. The lowest BCUT2D eigenvalue weighted by atomic mass is 10.0. The van der Waals surface area contributed by atoms with E-state index >= 15 is 0 Å². The highest BCUT2D eigenvalue weighted by molar-refractivity contribution is 5.70. The summed E-state index contributed by atoms with van der Waals surface area (Å²) in [6, 6.07) is 0. The average Bonchev–Trinajstić information content (AvgIpc) is 3.49. The summed E-state index contributed by atoms with van der Waals surface area (Å²) in [4.78, 5) is 24.7. The predicted octanol–water partition coefficient (Wildman–Crippen LogP) is 26.8. The van der Waals surface area contributed by atoms with Crippen LogP contribution >= 0.6 is 0 Å². The molecule has 490 valence electrons. The van der Waals surface area contributed by atoms with E-state index in [2.05, 4.69) is 13.8 Å². The summed E-state index contributed by atoms with van der Waals surface area (Å²) in [7, 11) is 0. The molecule has 0 radical (unpaired) electrons. The Hall–Kier alpha value is -1.10. The number of unbranched alkanes of at least 4 members (excludes halogenated alkanes) is 66. The van der Waals surface area contributed by atoms with Crippen LogP contribution in [0.3, 0.4) is 0 Å². The normalized spacial score (nSPS) is 12.0. The van der Waals surface area contributed by atoms with Gasteiger partial charge in [0.05, 0.1) is 6.61 Å². The smallest absolute Gasteiger partial charge is 0.306 e. The van der Waals surface area contributed by atoms with Crippen molar-refractivity contribution < 1.29 is 24.2 Å².